The molecule has 0 unspecified atom stereocenters. The number of halogens is 2. The molecule has 0 aliphatic heterocycles. The lowest BCUT2D eigenvalue weighted by atomic mass is 9.97. The Hall–Kier alpha value is -1.54. The monoisotopic (exact) mass is 453 g/mol. The number of aryl methyl sites for hydroxylation is 2. The molecule has 1 aliphatic carbocycles. The van der Waals surface area contributed by atoms with Gasteiger partial charge < -0.3 is 5.32 Å². The normalized spacial score (nSPS) is 13.5. The van der Waals surface area contributed by atoms with Crippen molar-refractivity contribution in [1.82, 2.24) is 9.55 Å². The third-order valence-corrected chi connectivity index (χ3v) is 7.75. The van der Waals surface area contributed by atoms with Crippen LogP contribution in [0.5, 0.6) is 0 Å². The van der Waals surface area contributed by atoms with E-state index in [4.69, 9.17) is 23.2 Å². The van der Waals surface area contributed by atoms with E-state index in [2.05, 4.69) is 10.3 Å². The number of nitrogens with one attached hydrogen (secondary N) is 1. The van der Waals surface area contributed by atoms with Crippen molar-refractivity contribution in [2.24, 2.45) is 7.05 Å². The lowest BCUT2D eigenvalue weighted by Gasteiger charge is -2.11. The maximum atomic E-state index is 12.9. The van der Waals surface area contributed by atoms with Crippen LogP contribution in [0, 0.1) is 0 Å². The van der Waals surface area contributed by atoms with Gasteiger partial charge in [-0.2, -0.15) is 0 Å². The van der Waals surface area contributed by atoms with E-state index in [1.165, 1.54) is 26.8 Å². The number of anilines is 1. The first kappa shape index (κ1) is 19.8. The van der Waals surface area contributed by atoms with Gasteiger partial charge in [0, 0.05) is 11.9 Å². The lowest BCUT2D eigenvalue weighted by molar-refractivity contribution is -0.113. The van der Waals surface area contributed by atoms with Crippen molar-refractivity contribution in [2.75, 3.05) is 11.1 Å². The number of hydrogen-bond acceptors (Lipinski definition) is 5. The van der Waals surface area contributed by atoms with Crippen LogP contribution in [0.25, 0.3) is 10.2 Å². The Balaban J connectivity index is 1.55. The van der Waals surface area contributed by atoms with Crippen molar-refractivity contribution in [3.63, 3.8) is 0 Å². The molecule has 1 aromatic carbocycles. The summed E-state index contributed by atoms with van der Waals surface area (Å²) in [6.07, 6.45) is 4.24. The van der Waals surface area contributed by atoms with Crippen LogP contribution >= 0.6 is 46.3 Å². The summed E-state index contributed by atoms with van der Waals surface area (Å²) in [4.78, 5) is 31.9. The highest BCUT2D eigenvalue weighted by Gasteiger charge is 2.21. The smallest absolute Gasteiger partial charge is 0.262 e. The van der Waals surface area contributed by atoms with Crippen molar-refractivity contribution in [2.45, 2.75) is 30.8 Å². The summed E-state index contributed by atoms with van der Waals surface area (Å²) in [5.74, 6) is -0.131. The molecule has 28 heavy (non-hydrogen) atoms. The third kappa shape index (κ3) is 3.68. The summed E-state index contributed by atoms with van der Waals surface area (Å²) in [5, 5.41) is 4.71. The van der Waals surface area contributed by atoms with Crippen LogP contribution in [0.2, 0.25) is 10.0 Å². The van der Waals surface area contributed by atoms with Gasteiger partial charge in [-0.05, 0) is 43.4 Å². The Kier molecular flexibility index (Phi) is 5.69. The van der Waals surface area contributed by atoms with Gasteiger partial charge in [0.2, 0.25) is 5.91 Å². The van der Waals surface area contributed by atoms with Gasteiger partial charge in [0.1, 0.15) is 4.83 Å². The second kappa shape index (κ2) is 8.06. The highest BCUT2D eigenvalue weighted by atomic mass is 35.5. The molecular formula is C19H17Cl2N3O2S2. The number of hydrogen-bond donors (Lipinski definition) is 1. The molecule has 4 rings (SSSR count). The Labute approximate surface area is 180 Å². The van der Waals surface area contributed by atoms with E-state index in [0.717, 1.165) is 35.9 Å². The maximum absolute atomic E-state index is 12.9. The first-order valence-corrected chi connectivity index (χ1v) is 11.4. The molecule has 1 amide bonds. The van der Waals surface area contributed by atoms with Gasteiger partial charge in [-0.25, -0.2) is 4.98 Å². The molecule has 0 saturated heterocycles. The number of aromatic nitrogens is 2. The van der Waals surface area contributed by atoms with Gasteiger partial charge in [-0.3, -0.25) is 14.2 Å². The molecule has 2 heterocycles. The number of carbonyl (C=O) groups excluding carboxylic acids is 1. The van der Waals surface area contributed by atoms with Gasteiger partial charge in [0.15, 0.2) is 5.16 Å². The minimum atomic E-state index is -0.242. The second-order valence-electron chi connectivity index (χ2n) is 6.59. The molecule has 0 radical (unpaired) electrons. The van der Waals surface area contributed by atoms with Crippen molar-refractivity contribution in [3.8, 4) is 0 Å². The molecule has 9 heteroatoms. The second-order valence-corrected chi connectivity index (χ2v) is 9.40. The molecule has 0 spiro atoms. The van der Waals surface area contributed by atoms with E-state index < -0.39 is 0 Å². The van der Waals surface area contributed by atoms with Crippen LogP contribution in [-0.4, -0.2) is 21.2 Å². The molecule has 0 atom stereocenters. The molecule has 1 aliphatic rings. The summed E-state index contributed by atoms with van der Waals surface area (Å²) in [6, 6.07) is 5.06. The van der Waals surface area contributed by atoms with Crippen molar-refractivity contribution in [1.29, 1.82) is 0 Å². The topological polar surface area (TPSA) is 64.0 Å². The first-order valence-electron chi connectivity index (χ1n) is 8.83. The fraction of sp³-hybridized carbons (Fsp3) is 0.316. The highest BCUT2D eigenvalue weighted by molar-refractivity contribution is 7.99. The molecule has 0 saturated carbocycles. The molecule has 1 N–H and O–H groups in total. The highest BCUT2D eigenvalue weighted by Crippen LogP contribution is 2.34. The standard InChI is InChI=1S/C19H17Cl2N3O2S2/c1-24-18(26)15-10-5-2-3-8-13(10)28-17(15)23-19(24)27-9-14(25)22-12-7-4-6-11(20)16(12)21/h4,6-7H,2-3,5,8-9H2,1H3,(H,22,25). The van der Waals surface area contributed by atoms with Crippen LogP contribution in [0.1, 0.15) is 23.3 Å². The number of rotatable bonds is 4. The van der Waals surface area contributed by atoms with Crippen molar-refractivity contribution >= 4 is 68.1 Å². The van der Waals surface area contributed by atoms with E-state index in [0.29, 0.717) is 20.9 Å². The Bertz CT molecular complexity index is 1140. The van der Waals surface area contributed by atoms with Gasteiger partial charge in [-0.1, -0.05) is 41.0 Å². The van der Waals surface area contributed by atoms with Gasteiger partial charge in [0.25, 0.3) is 5.56 Å². The zero-order valence-electron chi connectivity index (χ0n) is 15.1. The zero-order chi connectivity index (χ0) is 19.8. The number of carbonyl (C=O) groups is 1. The predicted octanol–water partition coefficient (Wildman–Crippen LogP) is 4.91. The fourth-order valence-electron chi connectivity index (χ4n) is 3.31. The lowest BCUT2D eigenvalue weighted by Crippen LogP contribution is -2.22. The largest absolute Gasteiger partial charge is 0.324 e. The van der Waals surface area contributed by atoms with Crippen LogP contribution in [0.15, 0.2) is 28.2 Å². The van der Waals surface area contributed by atoms with E-state index in [1.54, 1.807) is 36.6 Å². The molecule has 0 bridgehead atoms. The van der Waals surface area contributed by atoms with Crippen LogP contribution in [0.4, 0.5) is 5.69 Å². The minimum Gasteiger partial charge on any atom is -0.324 e. The summed E-state index contributed by atoms with van der Waals surface area (Å²) < 4.78 is 1.54. The molecule has 0 fully saturated rings. The number of amides is 1. The SMILES string of the molecule is Cn1c(SCC(=O)Nc2cccc(Cl)c2Cl)nc2sc3c(c2c1=O)CCCC3. The number of thiophene rings is 1. The first-order chi connectivity index (χ1) is 13.5. The quantitative estimate of drug-likeness (QED) is 0.450. The van der Waals surface area contributed by atoms with Crippen molar-refractivity contribution < 1.29 is 4.79 Å². The minimum absolute atomic E-state index is 0.0369. The predicted molar refractivity (Wildman–Crippen MR) is 117 cm³/mol. The van der Waals surface area contributed by atoms with Gasteiger partial charge in [0.05, 0.1) is 26.9 Å². The Morgan fingerprint density at radius 2 is 2.11 bits per heavy atom. The summed E-state index contributed by atoms with van der Waals surface area (Å²) in [6.45, 7) is 0. The van der Waals surface area contributed by atoms with Gasteiger partial charge >= 0.3 is 0 Å². The molecule has 146 valence electrons. The Morgan fingerprint density at radius 3 is 2.93 bits per heavy atom. The average molecular weight is 454 g/mol. The third-order valence-electron chi connectivity index (χ3n) is 4.71. The fourth-order valence-corrected chi connectivity index (χ4v) is 5.74. The average Bonchev–Trinajstić information content (AvgIpc) is 3.05. The zero-order valence-corrected chi connectivity index (χ0v) is 18.2. The van der Waals surface area contributed by atoms with Crippen LogP contribution in [-0.2, 0) is 24.7 Å². The van der Waals surface area contributed by atoms with Gasteiger partial charge in [-0.15, -0.1) is 11.3 Å². The summed E-state index contributed by atoms with van der Waals surface area (Å²) in [5.41, 5.74) is 1.59. The maximum Gasteiger partial charge on any atom is 0.262 e. The number of thioether (sulfide) groups is 1. The number of nitrogens with zero attached hydrogens (tertiary/aromatic N) is 2. The summed E-state index contributed by atoms with van der Waals surface area (Å²) in [7, 11) is 1.70. The molecule has 3 aromatic rings. The van der Waals surface area contributed by atoms with Crippen molar-refractivity contribution in [3.05, 3.63) is 49.0 Å². The van der Waals surface area contributed by atoms with Crippen LogP contribution in [0.3, 0.4) is 0 Å². The van der Waals surface area contributed by atoms with E-state index in [9.17, 15) is 9.59 Å². The number of benzene rings is 1. The van der Waals surface area contributed by atoms with Crippen LogP contribution < -0.4 is 10.9 Å². The molecular weight excluding hydrogens is 437 g/mol. The van der Waals surface area contributed by atoms with E-state index in [1.807, 2.05) is 0 Å². The molecule has 2 aromatic heterocycles. The summed E-state index contributed by atoms with van der Waals surface area (Å²) >= 11 is 14.9. The Morgan fingerprint density at radius 1 is 1.32 bits per heavy atom. The van der Waals surface area contributed by atoms with E-state index >= 15 is 0 Å². The van der Waals surface area contributed by atoms with E-state index in [-0.39, 0.29) is 17.2 Å². The molecule has 5 nitrogen and oxygen atoms in total. The number of fused-ring (bicyclic) bond motifs is 3.